The molecule has 19 heavy (non-hydrogen) atoms. The molecular formula is C13H12ClN3O2. The van der Waals surface area contributed by atoms with Crippen LogP contribution in [0.1, 0.15) is 12.8 Å². The van der Waals surface area contributed by atoms with Gasteiger partial charge in [-0.15, -0.1) is 0 Å². The molecule has 0 bridgehead atoms. The van der Waals surface area contributed by atoms with Gasteiger partial charge < -0.3 is 10.0 Å². The van der Waals surface area contributed by atoms with Crippen molar-refractivity contribution < 1.29 is 9.90 Å². The lowest BCUT2D eigenvalue weighted by Crippen LogP contribution is -2.36. The van der Waals surface area contributed by atoms with Crippen molar-refractivity contribution in [2.24, 2.45) is 0 Å². The van der Waals surface area contributed by atoms with Gasteiger partial charge >= 0.3 is 5.97 Å². The predicted molar refractivity (Wildman–Crippen MR) is 72.6 cm³/mol. The molecule has 6 heteroatoms. The van der Waals surface area contributed by atoms with Gasteiger partial charge in [0.15, 0.2) is 0 Å². The number of carbonyl (C=O) groups is 1. The second-order valence-electron chi connectivity index (χ2n) is 4.52. The summed E-state index contributed by atoms with van der Waals surface area (Å²) in [5.41, 5.74) is 0.730. The van der Waals surface area contributed by atoms with E-state index in [1.165, 1.54) is 0 Å². The number of nitrogens with zero attached hydrogens (tertiary/aromatic N) is 3. The molecule has 3 rings (SSSR count). The van der Waals surface area contributed by atoms with Gasteiger partial charge in [-0.25, -0.2) is 9.78 Å². The van der Waals surface area contributed by atoms with Crippen LogP contribution in [0.5, 0.6) is 0 Å². The zero-order valence-corrected chi connectivity index (χ0v) is 10.8. The lowest BCUT2D eigenvalue weighted by molar-refractivity contribution is -0.138. The number of benzene rings is 1. The summed E-state index contributed by atoms with van der Waals surface area (Å²) in [5, 5.41) is 10.2. The van der Waals surface area contributed by atoms with Crippen LogP contribution in [0.4, 0.5) is 5.82 Å². The van der Waals surface area contributed by atoms with E-state index < -0.39 is 12.0 Å². The number of carboxylic acid groups (broad SMARTS) is 1. The fraction of sp³-hybridized carbons (Fsp3) is 0.308. The molecule has 1 aliphatic rings. The van der Waals surface area contributed by atoms with Gasteiger partial charge in [-0.1, -0.05) is 12.1 Å². The summed E-state index contributed by atoms with van der Waals surface area (Å²) in [4.78, 5) is 21.5. The van der Waals surface area contributed by atoms with Crippen LogP contribution in [-0.2, 0) is 4.79 Å². The molecular weight excluding hydrogens is 266 g/mol. The Balaban J connectivity index is 2.16. The van der Waals surface area contributed by atoms with E-state index in [2.05, 4.69) is 9.97 Å². The Bertz CT molecular complexity index is 647. The standard InChI is InChI=1S/C13H12ClN3O2/c14-13-15-9-5-2-1-4-8(9)11(16-13)17-7-3-6-10(17)12(18)19/h1-2,4-5,10H,3,6-7H2,(H,18,19). The number of aromatic nitrogens is 2. The number of hydrogen-bond acceptors (Lipinski definition) is 4. The highest BCUT2D eigenvalue weighted by Gasteiger charge is 2.32. The Morgan fingerprint density at radius 3 is 2.95 bits per heavy atom. The minimum absolute atomic E-state index is 0.143. The summed E-state index contributed by atoms with van der Waals surface area (Å²) in [6, 6.07) is 6.95. The highest BCUT2D eigenvalue weighted by Crippen LogP contribution is 2.30. The maximum atomic E-state index is 11.3. The highest BCUT2D eigenvalue weighted by atomic mass is 35.5. The number of hydrogen-bond donors (Lipinski definition) is 1. The lowest BCUT2D eigenvalue weighted by Gasteiger charge is -2.23. The van der Waals surface area contributed by atoms with E-state index in [1.54, 1.807) is 4.90 Å². The van der Waals surface area contributed by atoms with Gasteiger partial charge in [-0.05, 0) is 36.6 Å². The number of carboxylic acids is 1. The molecule has 1 fully saturated rings. The van der Waals surface area contributed by atoms with E-state index in [4.69, 9.17) is 11.6 Å². The minimum atomic E-state index is -0.823. The van der Waals surface area contributed by atoms with Crippen LogP contribution in [0.15, 0.2) is 24.3 Å². The van der Waals surface area contributed by atoms with Gasteiger partial charge in [0.1, 0.15) is 11.9 Å². The Morgan fingerprint density at radius 1 is 1.37 bits per heavy atom. The van der Waals surface area contributed by atoms with Gasteiger partial charge in [-0.2, -0.15) is 4.98 Å². The van der Waals surface area contributed by atoms with Crippen LogP contribution in [-0.4, -0.2) is 33.6 Å². The molecule has 98 valence electrons. The summed E-state index contributed by atoms with van der Waals surface area (Å²) in [7, 11) is 0. The van der Waals surface area contributed by atoms with E-state index in [0.29, 0.717) is 18.8 Å². The smallest absolute Gasteiger partial charge is 0.326 e. The largest absolute Gasteiger partial charge is 0.480 e. The van der Waals surface area contributed by atoms with E-state index in [0.717, 1.165) is 17.3 Å². The molecule has 0 aliphatic carbocycles. The van der Waals surface area contributed by atoms with Crippen molar-refractivity contribution in [1.29, 1.82) is 0 Å². The monoisotopic (exact) mass is 277 g/mol. The molecule has 1 N–H and O–H groups in total. The summed E-state index contributed by atoms with van der Waals surface area (Å²) in [5.74, 6) is -0.211. The second kappa shape index (κ2) is 4.66. The van der Waals surface area contributed by atoms with Gasteiger partial charge in [-0.3, -0.25) is 0 Å². The Morgan fingerprint density at radius 2 is 2.16 bits per heavy atom. The predicted octanol–water partition coefficient (Wildman–Crippen LogP) is 2.34. The second-order valence-corrected chi connectivity index (χ2v) is 4.86. The van der Waals surface area contributed by atoms with Crippen LogP contribution in [0.25, 0.3) is 10.9 Å². The molecule has 2 heterocycles. The van der Waals surface area contributed by atoms with E-state index in [1.807, 2.05) is 24.3 Å². The molecule has 1 aromatic carbocycles. The molecule has 1 unspecified atom stereocenters. The zero-order chi connectivity index (χ0) is 13.4. The number of halogens is 1. The molecule has 0 radical (unpaired) electrons. The van der Waals surface area contributed by atoms with Crippen molar-refractivity contribution in [2.75, 3.05) is 11.4 Å². The quantitative estimate of drug-likeness (QED) is 0.854. The molecule has 0 saturated carbocycles. The lowest BCUT2D eigenvalue weighted by atomic mass is 10.2. The Labute approximate surface area is 114 Å². The summed E-state index contributed by atoms with van der Waals surface area (Å²) >= 11 is 5.93. The van der Waals surface area contributed by atoms with Gasteiger partial charge in [0.05, 0.1) is 5.52 Å². The normalized spacial score (nSPS) is 19.0. The maximum absolute atomic E-state index is 11.3. The molecule has 0 spiro atoms. The van der Waals surface area contributed by atoms with Crippen molar-refractivity contribution in [1.82, 2.24) is 9.97 Å². The van der Waals surface area contributed by atoms with Crippen LogP contribution < -0.4 is 4.90 Å². The van der Waals surface area contributed by atoms with Crippen molar-refractivity contribution in [3.05, 3.63) is 29.5 Å². The highest BCUT2D eigenvalue weighted by molar-refractivity contribution is 6.28. The molecule has 1 atom stereocenters. The molecule has 2 aromatic rings. The molecule has 1 aliphatic heterocycles. The minimum Gasteiger partial charge on any atom is -0.480 e. The van der Waals surface area contributed by atoms with Crippen LogP contribution in [0.2, 0.25) is 5.28 Å². The molecule has 5 nitrogen and oxygen atoms in total. The number of anilines is 1. The Hall–Kier alpha value is -1.88. The first-order chi connectivity index (χ1) is 9.16. The summed E-state index contributed by atoms with van der Waals surface area (Å²) in [6.45, 7) is 0.675. The first-order valence-electron chi connectivity index (χ1n) is 6.08. The third-order valence-electron chi connectivity index (χ3n) is 3.37. The van der Waals surface area contributed by atoms with Gasteiger partial charge in [0.25, 0.3) is 0 Å². The molecule has 1 aromatic heterocycles. The van der Waals surface area contributed by atoms with Crippen molar-refractivity contribution in [3.63, 3.8) is 0 Å². The van der Waals surface area contributed by atoms with E-state index in [9.17, 15) is 9.90 Å². The average molecular weight is 278 g/mol. The first-order valence-corrected chi connectivity index (χ1v) is 6.46. The third-order valence-corrected chi connectivity index (χ3v) is 3.53. The zero-order valence-electron chi connectivity index (χ0n) is 10.1. The Kier molecular flexibility index (Phi) is 2.98. The summed E-state index contributed by atoms with van der Waals surface area (Å²) < 4.78 is 0. The average Bonchev–Trinajstić information content (AvgIpc) is 2.86. The van der Waals surface area contributed by atoms with Crippen molar-refractivity contribution in [2.45, 2.75) is 18.9 Å². The van der Waals surface area contributed by atoms with Gasteiger partial charge in [0.2, 0.25) is 5.28 Å². The third kappa shape index (κ3) is 2.10. The SMILES string of the molecule is O=C(O)C1CCCN1c1nc(Cl)nc2ccccc12. The van der Waals surface area contributed by atoms with E-state index >= 15 is 0 Å². The van der Waals surface area contributed by atoms with E-state index in [-0.39, 0.29) is 5.28 Å². The van der Waals surface area contributed by atoms with Crippen molar-refractivity contribution in [3.8, 4) is 0 Å². The number of aliphatic carboxylic acids is 1. The molecule has 1 saturated heterocycles. The fourth-order valence-corrected chi connectivity index (χ4v) is 2.70. The first kappa shape index (κ1) is 12.2. The summed E-state index contributed by atoms with van der Waals surface area (Å²) in [6.07, 6.45) is 1.47. The number of para-hydroxylation sites is 1. The van der Waals surface area contributed by atoms with Crippen molar-refractivity contribution >= 4 is 34.3 Å². The maximum Gasteiger partial charge on any atom is 0.326 e. The number of fused-ring (bicyclic) bond motifs is 1. The van der Waals surface area contributed by atoms with Crippen LogP contribution in [0.3, 0.4) is 0 Å². The fourth-order valence-electron chi connectivity index (χ4n) is 2.53. The van der Waals surface area contributed by atoms with Crippen LogP contribution >= 0.6 is 11.6 Å². The van der Waals surface area contributed by atoms with Gasteiger partial charge in [0, 0.05) is 11.9 Å². The number of rotatable bonds is 2. The topological polar surface area (TPSA) is 66.3 Å². The molecule has 0 amide bonds. The van der Waals surface area contributed by atoms with Crippen LogP contribution in [0, 0.1) is 0 Å².